The topological polar surface area (TPSA) is 21.3 Å². The van der Waals surface area contributed by atoms with Crippen molar-refractivity contribution >= 4 is 11.6 Å². The van der Waals surface area contributed by atoms with Crippen LogP contribution in [0.25, 0.3) is 0 Å². The predicted molar refractivity (Wildman–Crippen MR) is 72.0 cm³/mol. The fourth-order valence-electron chi connectivity index (χ4n) is 2.47. The van der Waals surface area contributed by atoms with Crippen molar-refractivity contribution in [2.45, 2.75) is 26.2 Å². The van der Waals surface area contributed by atoms with Crippen LogP contribution in [0.15, 0.2) is 12.1 Å². The quantitative estimate of drug-likeness (QED) is 0.893. The Balaban J connectivity index is 2.15. The first-order valence-electron chi connectivity index (χ1n) is 6.24. The van der Waals surface area contributed by atoms with Gasteiger partial charge in [-0.05, 0) is 68.5 Å². The largest absolute Gasteiger partial charge is 0.497 e. The van der Waals surface area contributed by atoms with Crippen LogP contribution in [0.1, 0.15) is 24.0 Å². The zero-order valence-corrected chi connectivity index (χ0v) is 11.3. The normalized spacial score (nSPS) is 17.1. The van der Waals surface area contributed by atoms with Gasteiger partial charge in [0.15, 0.2) is 0 Å². The van der Waals surface area contributed by atoms with E-state index in [2.05, 4.69) is 11.4 Å². The van der Waals surface area contributed by atoms with Crippen molar-refractivity contribution < 1.29 is 4.74 Å². The van der Waals surface area contributed by atoms with E-state index in [9.17, 15) is 0 Å². The molecule has 0 aromatic heterocycles. The van der Waals surface area contributed by atoms with Gasteiger partial charge in [-0.25, -0.2) is 0 Å². The molecule has 1 saturated heterocycles. The SMILES string of the molecule is COc1cc(C)c(Cl)c(CC2CCNCC2)c1. The number of hydrogen-bond acceptors (Lipinski definition) is 2. The Morgan fingerprint density at radius 1 is 1.35 bits per heavy atom. The second kappa shape index (κ2) is 5.74. The van der Waals surface area contributed by atoms with Gasteiger partial charge in [0.2, 0.25) is 0 Å². The van der Waals surface area contributed by atoms with Crippen LogP contribution in [0.3, 0.4) is 0 Å². The van der Waals surface area contributed by atoms with Gasteiger partial charge in [-0.1, -0.05) is 11.6 Å². The maximum Gasteiger partial charge on any atom is 0.119 e. The minimum Gasteiger partial charge on any atom is -0.497 e. The van der Waals surface area contributed by atoms with Crippen molar-refractivity contribution in [3.63, 3.8) is 0 Å². The second-order valence-corrected chi connectivity index (χ2v) is 5.19. The molecule has 1 aromatic carbocycles. The molecular formula is C14H20ClNO. The van der Waals surface area contributed by atoms with Crippen LogP contribution in [0.5, 0.6) is 5.75 Å². The number of methoxy groups -OCH3 is 1. The molecule has 1 N–H and O–H groups in total. The van der Waals surface area contributed by atoms with Gasteiger partial charge in [-0.2, -0.15) is 0 Å². The third-order valence-electron chi connectivity index (χ3n) is 3.51. The van der Waals surface area contributed by atoms with E-state index in [0.717, 1.165) is 41.8 Å². The summed E-state index contributed by atoms with van der Waals surface area (Å²) in [7, 11) is 1.71. The molecule has 0 amide bonds. The molecule has 94 valence electrons. The summed E-state index contributed by atoms with van der Waals surface area (Å²) in [6.45, 7) is 4.30. The molecule has 1 aromatic rings. The molecule has 0 radical (unpaired) electrons. The van der Waals surface area contributed by atoms with Gasteiger partial charge in [0.1, 0.15) is 5.75 Å². The number of hydrogen-bond donors (Lipinski definition) is 1. The van der Waals surface area contributed by atoms with E-state index < -0.39 is 0 Å². The smallest absolute Gasteiger partial charge is 0.119 e. The van der Waals surface area contributed by atoms with E-state index in [-0.39, 0.29) is 0 Å². The van der Waals surface area contributed by atoms with Gasteiger partial charge < -0.3 is 10.1 Å². The van der Waals surface area contributed by atoms with Crippen molar-refractivity contribution in [3.05, 3.63) is 28.3 Å². The number of halogens is 1. The number of ether oxygens (including phenoxy) is 1. The average molecular weight is 254 g/mol. The van der Waals surface area contributed by atoms with Gasteiger partial charge in [0.25, 0.3) is 0 Å². The van der Waals surface area contributed by atoms with Crippen molar-refractivity contribution in [2.75, 3.05) is 20.2 Å². The number of benzene rings is 1. The van der Waals surface area contributed by atoms with Gasteiger partial charge in [-0.15, -0.1) is 0 Å². The van der Waals surface area contributed by atoms with Crippen LogP contribution in [-0.4, -0.2) is 20.2 Å². The Morgan fingerprint density at radius 3 is 2.71 bits per heavy atom. The first-order chi connectivity index (χ1) is 8.20. The van der Waals surface area contributed by atoms with Crippen molar-refractivity contribution in [1.82, 2.24) is 5.32 Å². The van der Waals surface area contributed by atoms with E-state index >= 15 is 0 Å². The highest BCUT2D eigenvalue weighted by Crippen LogP contribution is 2.30. The highest BCUT2D eigenvalue weighted by atomic mass is 35.5. The zero-order valence-electron chi connectivity index (χ0n) is 10.6. The molecular weight excluding hydrogens is 234 g/mol. The summed E-state index contributed by atoms with van der Waals surface area (Å²) in [5, 5.41) is 4.30. The summed E-state index contributed by atoms with van der Waals surface area (Å²) in [5.74, 6) is 1.66. The van der Waals surface area contributed by atoms with Crippen LogP contribution < -0.4 is 10.1 Å². The van der Waals surface area contributed by atoms with Gasteiger partial charge in [0.05, 0.1) is 7.11 Å². The standard InChI is InChI=1S/C14H20ClNO/c1-10-7-13(17-2)9-12(14(10)15)8-11-3-5-16-6-4-11/h7,9,11,16H,3-6,8H2,1-2H3. The van der Waals surface area contributed by atoms with Crippen LogP contribution in [0.4, 0.5) is 0 Å². The predicted octanol–water partition coefficient (Wildman–Crippen LogP) is 3.20. The lowest BCUT2D eigenvalue weighted by molar-refractivity contribution is 0.371. The minimum absolute atomic E-state index is 0.750. The number of rotatable bonds is 3. The molecule has 3 heteroatoms. The molecule has 0 atom stereocenters. The Hall–Kier alpha value is -0.730. The first kappa shape index (κ1) is 12.7. The van der Waals surface area contributed by atoms with Gasteiger partial charge in [-0.3, -0.25) is 0 Å². The second-order valence-electron chi connectivity index (χ2n) is 4.81. The Morgan fingerprint density at radius 2 is 2.06 bits per heavy atom. The molecule has 0 saturated carbocycles. The summed E-state index contributed by atoms with van der Waals surface area (Å²) < 4.78 is 5.31. The van der Waals surface area contributed by atoms with E-state index in [1.165, 1.54) is 18.4 Å². The average Bonchev–Trinajstić information content (AvgIpc) is 2.36. The summed E-state index contributed by atoms with van der Waals surface area (Å²) in [6.07, 6.45) is 3.55. The molecule has 0 unspecified atom stereocenters. The van der Waals surface area contributed by atoms with Gasteiger partial charge >= 0.3 is 0 Å². The van der Waals surface area contributed by atoms with Crippen LogP contribution in [0.2, 0.25) is 5.02 Å². The number of aryl methyl sites for hydroxylation is 1. The Kier molecular flexibility index (Phi) is 4.30. The zero-order chi connectivity index (χ0) is 12.3. The van der Waals surface area contributed by atoms with Crippen molar-refractivity contribution in [3.8, 4) is 5.75 Å². The molecule has 0 aliphatic carbocycles. The van der Waals surface area contributed by atoms with E-state index in [1.54, 1.807) is 7.11 Å². The molecule has 1 aliphatic rings. The number of nitrogens with one attached hydrogen (secondary N) is 1. The summed E-state index contributed by atoms with van der Waals surface area (Å²) in [5.41, 5.74) is 2.34. The Labute approximate surface area is 108 Å². The molecule has 2 nitrogen and oxygen atoms in total. The fourth-order valence-corrected chi connectivity index (χ4v) is 2.66. The first-order valence-corrected chi connectivity index (χ1v) is 6.62. The van der Waals surface area contributed by atoms with Crippen LogP contribution in [0, 0.1) is 12.8 Å². The Bertz CT molecular complexity index is 386. The van der Waals surface area contributed by atoms with Crippen LogP contribution >= 0.6 is 11.6 Å². The molecule has 1 fully saturated rings. The summed E-state index contributed by atoms with van der Waals surface area (Å²) >= 11 is 6.37. The summed E-state index contributed by atoms with van der Waals surface area (Å²) in [6, 6.07) is 4.08. The number of piperidine rings is 1. The third kappa shape index (κ3) is 3.14. The van der Waals surface area contributed by atoms with Crippen molar-refractivity contribution in [2.24, 2.45) is 5.92 Å². The molecule has 0 bridgehead atoms. The fraction of sp³-hybridized carbons (Fsp3) is 0.571. The van der Waals surface area contributed by atoms with E-state index in [0.29, 0.717) is 0 Å². The molecule has 1 heterocycles. The highest BCUT2D eigenvalue weighted by molar-refractivity contribution is 6.32. The molecule has 0 spiro atoms. The van der Waals surface area contributed by atoms with Crippen LogP contribution in [-0.2, 0) is 6.42 Å². The third-order valence-corrected chi connectivity index (χ3v) is 4.05. The maximum absolute atomic E-state index is 6.37. The van der Waals surface area contributed by atoms with Gasteiger partial charge in [0, 0.05) is 5.02 Å². The van der Waals surface area contributed by atoms with E-state index in [1.807, 2.05) is 13.0 Å². The van der Waals surface area contributed by atoms with E-state index in [4.69, 9.17) is 16.3 Å². The minimum atomic E-state index is 0.750. The summed E-state index contributed by atoms with van der Waals surface area (Å²) in [4.78, 5) is 0. The monoisotopic (exact) mass is 253 g/mol. The molecule has 1 aliphatic heterocycles. The lowest BCUT2D eigenvalue weighted by Crippen LogP contribution is -2.28. The molecule has 2 rings (SSSR count). The maximum atomic E-state index is 6.37. The lowest BCUT2D eigenvalue weighted by atomic mass is 9.90. The lowest BCUT2D eigenvalue weighted by Gasteiger charge is -2.23. The molecule has 17 heavy (non-hydrogen) atoms. The van der Waals surface area contributed by atoms with Crippen molar-refractivity contribution in [1.29, 1.82) is 0 Å². The highest BCUT2D eigenvalue weighted by Gasteiger charge is 2.16.